The van der Waals surface area contributed by atoms with Gasteiger partial charge in [-0.25, -0.2) is 0 Å². The van der Waals surface area contributed by atoms with Crippen molar-refractivity contribution in [2.75, 3.05) is 4.90 Å². The van der Waals surface area contributed by atoms with Gasteiger partial charge in [0.05, 0.1) is 17.1 Å². The van der Waals surface area contributed by atoms with E-state index in [2.05, 4.69) is 187 Å². The average molecular weight is 696 g/mol. The van der Waals surface area contributed by atoms with E-state index < -0.39 is 0 Å². The fourth-order valence-corrected chi connectivity index (χ4v) is 8.93. The summed E-state index contributed by atoms with van der Waals surface area (Å²) in [7, 11) is 0. The fraction of sp³-hybridized carbons (Fsp3) is 0.115. The standard InChI is InChI=1S/C52H41NO/c1-3-16-36(17-4-1)37-32-34-39(35-33-37)41-22-7-10-28-47(41)53(49-30-15-27-46-44-24-9-12-31-50(44)54-52(46)49)48-29-11-8-23-43(48)45-26-14-21-40-20-13-25-42(51(40)45)38-18-5-2-6-19-38/h1,3-4,7-17,20-35,38H,2,5-6,18-19H2. The van der Waals surface area contributed by atoms with Crippen molar-refractivity contribution >= 4 is 49.8 Å². The van der Waals surface area contributed by atoms with Gasteiger partial charge in [-0.3, -0.25) is 0 Å². The van der Waals surface area contributed by atoms with E-state index in [0.29, 0.717) is 5.92 Å². The zero-order valence-corrected chi connectivity index (χ0v) is 30.3. The maximum absolute atomic E-state index is 6.79. The Morgan fingerprint density at radius 3 is 1.80 bits per heavy atom. The molecule has 1 saturated carbocycles. The van der Waals surface area contributed by atoms with Crippen molar-refractivity contribution in [3.63, 3.8) is 0 Å². The predicted molar refractivity (Wildman–Crippen MR) is 228 cm³/mol. The molecule has 1 fully saturated rings. The zero-order chi connectivity index (χ0) is 35.8. The summed E-state index contributed by atoms with van der Waals surface area (Å²) in [5.41, 5.74) is 13.7. The Bertz CT molecular complexity index is 2750. The van der Waals surface area contributed by atoms with Gasteiger partial charge in [0, 0.05) is 21.9 Å². The summed E-state index contributed by atoms with van der Waals surface area (Å²) in [6, 6.07) is 66.1. The highest BCUT2D eigenvalue weighted by atomic mass is 16.3. The number of para-hydroxylation sites is 4. The van der Waals surface area contributed by atoms with E-state index in [-0.39, 0.29) is 0 Å². The molecule has 1 aliphatic rings. The molecule has 10 rings (SSSR count). The Morgan fingerprint density at radius 2 is 0.981 bits per heavy atom. The summed E-state index contributed by atoms with van der Waals surface area (Å²) >= 11 is 0. The molecule has 0 atom stereocenters. The summed E-state index contributed by atoms with van der Waals surface area (Å²) < 4.78 is 6.79. The van der Waals surface area contributed by atoms with Crippen LogP contribution in [0.2, 0.25) is 0 Å². The van der Waals surface area contributed by atoms with Crippen LogP contribution < -0.4 is 4.90 Å². The number of nitrogens with zero attached hydrogens (tertiary/aromatic N) is 1. The van der Waals surface area contributed by atoms with E-state index in [0.717, 1.165) is 50.1 Å². The van der Waals surface area contributed by atoms with Crippen molar-refractivity contribution in [2.24, 2.45) is 0 Å². The second-order valence-corrected chi connectivity index (χ2v) is 14.7. The van der Waals surface area contributed by atoms with Crippen molar-refractivity contribution in [3.8, 4) is 33.4 Å². The molecule has 0 aliphatic heterocycles. The maximum Gasteiger partial charge on any atom is 0.159 e. The van der Waals surface area contributed by atoms with E-state index in [9.17, 15) is 0 Å². The summed E-state index contributed by atoms with van der Waals surface area (Å²) in [4.78, 5) is 2.45. The number of furan rings is 1. The normalized spacial score (nSPS) is 13.5. The van der Waals surface area contributed by atoms with E-state index >= 15 is 0 Å². The molecule has 0 radical (unpaired) electrons. The maximum atomic E-state index is 6.79. The van der Waals surface area contributed by atoms with Crippen LogP contribution in [0.5, 0.6) is 0 Å². The van der Waals surface area contributed by atoms with Gasteiger partial charge >= 0.3 is 0 Å². The van der Waals surface area contributed by atoms with Gasteiger partial charge in [0.2, 0.25) is 0 Å². The number of hydrogen-bond donors (Lipinski definition) is 0. The number of hydrogen-bond acceptors (Lipinski definition) is 2. The van der Waals surface area contributed by atoms with Crippen LogP contribution in [0.15, 0.2) is 186 Å². The third-order valence-electron chi connectivity index (χ3n) is 11.5. The Morgan fingerprint density at radius 1 is 0.407 bits per heavy atom. The molecule has 54 heavy (non-hydrogen) atoms. The first-order chi connectivity index (χ1) is 26.8. The van der Waals surface area contributed by atoms with Crippen molar-refractivity contribution in [1.82, 2.24) is 0 Å². The molecular formula is C52H41NO. The lowest BCUT2D eigenvalue weighted by molar-refractivity contribution is 0.445. The monoisotopic (exact) mass is 695 g/mol. The highest BCUT2D eigenvalue weighted by molar-refractivity contribution is 6.12. The summed E-state index contributed by atoms with van der Waals surface area (Å²) in [6.45, 7) is 0. The smallest absolute Gasteiger partial charge is 0.159 e. The van der Waals surface area contributed by atoms with Crippen LogP contribution in [-0.4, -0.2) is 0 Å². The number of rotatable bonds is 7. The van der Waals surface area contributed by atoms with Crippen LogP contribution in [0.4, 0.5) is 17.1 Å². The molecule has 1 heterocycles. The quantitative estimate of drug-likeness (QED) is 0.165. The van der Waals surface area contributed by atoms with Gasteiger partial charge in [0.15, 0.2) is 5.58 Å². The van der Waals surface area contributed by atoms with Gasteiger partial charge in [-0.05, 0) is 81.6 Å². The third kappa shape index (κ3) is 5.67. The fourth-order valence-electron chi connectivity index (χ4n) is 8.93. The molecule has 1 aliphatic carbocycles. The van der Waals surface area contributed by atoms with Gasteiger partial charge in [-0.15, -0.1) is 0 Å². The van der Waals surface area contributed by atoms with Crippen molar-refractivity contribution < 1.29 is 4.42 Å². The molecule has 0 N–H and O–H groups in total. The van der Waals surface area contributed by atoms with Gasteiger partial charge in [-0.2, -0.15) is 0 Å². The minimum Gasteiger partial charge on any atom is -0.454 e. The minimum absolute atomic E-state index is 0.579. The minimum atomic E-state index is 0.579. The second kappa shape index (κ2) is 13.9. The number of anilines is 3. The van der Waals surface area contributed by atoms with Gasteiger partial charge in [0.1, 0.15) is 5.58 Å². The first-order valence-electron chi connectivity index (χ1n) is 19.4. The SMILES string of the molecule is c1ccc(-c2ccc(-c3ccccc3N(c3ccccc3-c3cccc4cccc(C5CCCCC5)c34)c3cccc4c3oc3ccccc34)cc2)cc1. The van der Waals surface area contributed by atoms with Gasteiger partial charge < -0.3 is 9.32 Å². The Kier molecular flexibility index (Phi) is 8.30. The molecule has 0 spiro atoms. The molecule has 8 aromatic carbocycles. The molecule has 0 saturated heterocycles. The first kappa shape index (κ1) is 32.3. The largest absolute Gasteiger partial charge is 0.454 e. The lowest BCUT2D eigenvalue weighted by Gasteiger charge is -2.30. The molecule has 260 valence electrons. The lowest BCUT2D eigenvalue weighted by atomic mass is 9.80. The summed E-state index contributed by atoms with van der Waals surface area (Å²) in [5, 5.41) is 4.92. The van der Waals surface area contributed by atoms with Crippen LogP contribution in [0.3, 0.4) is 0 Å². The van der Waals surface area contributed by atoms with Crippen molar-refractivity contribution in [1.29, 1.82) is 0 Å². The zero-order valence-electron chi connectivity index (χ0n) is 30.3. The molecule has 1 aromatic heterocycles. The Labute approximate surface area is 316 Å². The summed E-state index contributed by atoms with van der Waals surface area (Å²) in [6.07, 6.45) is 6.46. The van der Waals surface area contributed by atoms with Crippen LogP contribution in [0.25, 0.3) is 66.1 Å². The molecule has 0 bridgehead atoms. The Hall–Kier alpha value is -6.38. The first-order valence-corrected chi connectivity index (χ1v) is 19.4. The van der Waals surface area contributed by atoms with E-state index in [1.54, 1.807) is 0 Å². The van der Waals surface area contributed by atoms with Gasteiger partial charge in [0.25, 0.3) is 0 Å². The number of fused-ring (bicyclic) bond motifs is 4. The second-order valence-electron chi connectivity index (χ2n) is 14.7. The van der Waals surface area contributed by atoms with E-state index in [1.165, 1.54) is 70.7 Å². The predicted octanol–water partition coefficient (Wildman–Crippen LogP) is 15.3. The van der Waals surface area contributed by atoms with Crippen LogP contribution in [0, 0.1) is 0 Å². The lowest BCUT2D eigenvalue weighted by Crippen LogP contribution is -2.13. The van der Waals surface area contributed by atoms with Crippen LogP contribution >= 0.6 is 0 Å². The number of benzene rings is 8. The average Bonchev–Trinajstić information content (AvgIpc) is 3.64. The van der Waals surface area contributed by atoms with Crippen molar-refractivity contribution in [3.05, 3.63) is 188 Å². The molecule has 2 nitrogen and oxygen atoms in total. The topological polar surface area (TPSA) is 16.4 Å². The molecule has 0 unspecified atom stereocenters. The highest BCUT2D eigenvalue weighted by Crippen LogP contribution is 2.49. The highest BCUT2D eigenvalue weighted by Gasteiger charge is 2.26. The van der Waals surface area contributed by atoms with E-state index in [1.807, 2.05) is 0 Å². The molecular weight excluding hydrogens is 655 g/mol. The molecule has 2 heteroatoms. The van der Waals surface area contributed by atoms with E-state index in [4.69, 9.17) is 4.42 Å². The molecule has 9 aromatic rings. The van der Waals surface area contributed by atoms with Gasteiger partial charge in [-0.1, -0.05) is 177 Å². The van der Waals surface area contributed by atoms with Crippen molar-refractivity contribution in [2.45, 2.75) is 38.0 Å². The summed E-state index contributed by atoms with van der Waals surface area (Å²) in [5.74, 6) is 0.579. The van der Waals surface area contributed by atoms with Crippen LogP contribution in [-0.2, 0) is 0 Å². The molecule has 0 amide bonds. The van der Waals surface area contributed by atoms with Crippen LogP contribution in [0.1, 0.15) is 43.6 Å². The third-order valence-corrected chi connectivity index (χ3v) is 11.5. The Balaban J connectivity index is 1.22.